The Morgan fingerprint density at radius 3 is 2.79 bits per heavy atom. The van der Waals surface area contributed by atoms with E-state index in [1.807, 2.05) is 18.2 Å². The van der Waals surface area contributed by atoms with E-state index in [1.165, 1.54) is 0 Å². The lowest BCUT2D eigenvalue weighted by molar-refractivity contribution is 0.0316. The van der Waals surface area contributed by atoms with Gasteiger partial charge in [0.15, 0.2) is 0 Å². The van der Waals surface area contributed by atoms with Gasteiger partial charge in [-0.05, 0) is 24.3 Å². The number of fused-ring (bicyclic) bond motifs is 1. The molecule has 0 amide bonds. The molecule has 0 aliphatic carbocycles. The number of benzene rings is 1. The molecule has 1 N–H and O–H groups in total. The minimum atomic E-state index is 0.150. The van der Waals surface area contributed by atoms with Crippen LogP contribution in [0.4, 0.5) is 0 Å². The van der Waals surface area contributed by atoms with Crippen molar-refractivity contribution < 1.29 is 19.0 Å². The average molecular weight is 334 g/mol. The van der Waals surface area contributed by atoms with Crippen LogP contribution in [0, 0.1) is 0 Å². The summed E-state index contributed by atoms with van der Waals surface area (Å²) in [6, 6.07) is 7.87. The smallest absolute Gasteiger partial charge is 0.134 e. The molecule has 3 rings (SSSR count). The highest BCUT2D eigenvalue weighted by Crippen LogP contribution is 2.24. The summed E-state index contributed by atoms with van der Waals surface area (Å²) in [6.07, 6.45) is 0. The van der Waals surface area contributed by atoms with Crippen molar-refractivity contribution in [3.8, 4) is 5.75 Å². The zero-order valence-corrected chi connectivity index (χ0v) is 14.2. The second-order valence-electron chi connectivity index (χ2n) is 6.07. The third kappa shape index (κ3) is 4.48. The van der Waals surface area contributed by atoms with Crippen LogP contribution in [0.2, 0.25) is 0 Å². The molecule has 1 aromatic carbocycles. The molecule has 0 saturated carbocycles. The fourth-order valence-corrected chi connectivity index (χ4v) is 3.02. The maximum absolute atomic E-state index is 9.34. The van der Waals surface area contributed by atoms with Crippen LogP contribution in [0.1, 0.15) is 5.76 Å². The number of rotatable bonds is 8. The van der Waals surface area contributed by atoms with Crippen molar-refractivity contribution in [3.63, 3.8) is 0 Å². The molecule has 0 bridgehead atoms. The number of nitrogens with zero attached hydrogens (tertiary/aromatic N) is 2. The minimum Gasteiger partial charge on any atom is -0.497 e. The topological polar surface area (TPSA) is 58.3 Å². The lowest BCUT2D eigenvalue weighted by atomic mass is 10.2. The molecule has 1 aliphatic rings. The van der Waals surface area contributed by atoms with Gasteiger partial charge in [-0.25, -0.2) is 0 Å². The van der Waals surface area contributed by atoms with Gasteiger partial charge in [0, 0.05) is 38.1 Å². The Kier molecular flexibility index (Phi) is 6.09. The lowest BCUT2D eigenvalue weighted by Crippen LogP contribution is -2.41. The molecule has 132 valence electrons. The highest BCUT2D eigenvalue weighted by molar-refractivity contribution is 5.79. The van der Waals surface area contributed by atoms with Gasteiger partial charge in [0.2, 0.25) is 0 Å². The standard InChI is InChI=1S/C18H26N2O4/c1-22-16-2-3-18-15(12-16)13-17(24-18)14-20(6-9-21)5-4-19-7-10-23-11-8-19/h2-3,12-13,21H,4-11,14H2,1H3. The second-order valence-corrected chi connectivity index (χ2v) is 6.07. The van der Waals surface area contributed by atoms with Crippen molar-refractivity contribution in [1.82, 2.24) is 9.80 Å². The Morgan fingerprint density at radius 1 is 1.21 bits per heavy atom. The summed E-state index contributed by atoms with van der Waals surface area (Å²) in [6.45, 7) is 6.97. The monoisotopic (exact) mass is 334 g/mol. The number of methoxy groups -OCH3 is 1. The predicted molar refractivity (Wildman–Crippen MR) is 92.4 cm³/mol. The van der Waals surface area contributed by atoms with Gasteiger partial charge in [-0.3, -0.25) is 9.80 Å². The van der Waals surface area contributed by atoms with Crippen molar-refractivity contribution >= 4 is 11.0 Å². The molecule has 2 aromatic rings. The van der Waals surface area contributed by atoms with Gasteiger partial charge < -0.3 is 19.0 Å². The number of aliphatic hydroxyl groups excluding tert-OH is 1. The Morgan fingerprint density at radius 2 is 2.04 bits per heavy atom. The van der Waals surface area contributed by atoms with Crippen LogP contribution in [-0.4, -0.2) is 74.6 Å². The van der Waals surface area contributed by atoms with Gasteiger partial charge in [-0.1, -0.05) is 0 Å². The average Bonchev–Trinajstić information content (AvgIpc) is 3.02. The number of aliphatic hydroxyl groups is 1. The van der Waals surface area contributed by atoms with E-state index in [2.05, 4.69) is 15.9 Å². The van der Waals surface area contributed by atoms with Gasteiger partial charge >= 0.3 is 0 Å². The normalized spacial score (nSPS) is 16.1. The Labute approximate surface area is 142 Å². The second kappa shape index (κ2) is 8.48. The molecule has 1 saturated heterocycles. The quantitative estimate of drug-likeness (QED) is 0.791. The fraction of sp³-hybridized carbons (Fsp3) is 0.556. The zero-order valence-electron chi connectivity index (χ0n) is 14.2. The Bertz CT molecular complexity index is 637. The summed E-state index contributed by atoms with van der Waals surface area (Å²) in [5.74, 6) is 1.74. The highest BCUT2D eigenvalue weighted by Gasteiger charge is 2.14. The molecule has 6 nitrogen and oxygen atoms in total. The van der Waals surface area contributed by atoms with E-state index in [0.717, 1.165) is 61.9 Å². The van der Waals surface area contributed by atoms with Gasteiger partial charge in [0.25, 0.3) is 0 Å². The SMILES string of the molecule is COc1ccc2oc(CN(CCO)CCN3CCOCC3)cc2c1. The first kappa shape index (κ1) is 17.2. The predicted octanol–water partition coefficient (Wildman–Crippen LogP) is 1.57. The Balaban J connectivity index is 1.61. The molecule has 0 unspecified atom stereocenters. The van der Waals surface area contributed by atoms with Gasteiger partial charge in [0.1, 0.15) is 17.1 Å². The van der Waals surface area contributed by atoms with Gasteiger partial charge in [-0.15, -0.1) is 0 Å². The Hall–Kier alpha value is -1.60. The molecule has 6 heteroatoms. The number of morpholine rings is 1. The third-order valence-corrected chi connectivity index (χ3v) is 4.41. The van der Waals surface area contributed by atoms with Crippen LogP contribution >= 0.6 is 0 Å². The molecular formula is C18H26N2O4. The van der Waals surface area contributed by atoms with Crippen LogP contribution in [-0.2, 0) is 11.3 Å². The lowest BCUT2D eigenvalue weighted by Gasteiger charge is -2.29. The van der Waals surface area contributed by atoms with E-state index >= 15 is 0 Å². The fourth-order valence-electron chi connectivity index (χ4n) is 3.02. The summed E-state index contributed by atoms with van der Waals surface area (Å²) in [7, 11) is 1.66. The molecule has 2 heterocycles. The summed E-state index contributed by atoms with van der Waals surface area (Å²) in [5, 5.41) is 10.4. The molecule has 24 heavy (non-hydrogen) atoms. The van der Waals surface area contributed by atoms with Crippen molar-refractivity contribution in [3.05, 3.63) is 30.0 Å². The van der Waals surface area contributed by atoms with Crippen LogP contribution in [0.15, 0.2) is 28.7 Å². The highest BCUT2D eigenvalue weighted by atomic mass is 16.5. The molecule has 0 atom stereocenters. The largest absolute Gasteiger partial charge is 0.497 e. The van der Waals surface area contributed by atoms with Crippen molar-refractivity contribution in [2.75, 3.05) is 59.7 Å². The maximum Gasteiger partial charge on any atom is 0.134 e. The number of ether oxygens (including phenoxy) is 2. The maximum atomic E-state index is 9.34. The minimum absolute atomic E-state index is 0.150. The van der Waals surface area contributed by atoms with E-state index in [4.69, 9.17) is 13.9 Å². The molecular weight excluding hydrogens is 308 g/mol. The number of furan rings is 1. The van der Waals surface area contributed by atoms with E-state index in [-0.39, 0.29) is 6.61 Å². The van der Waals surface area contributed by atoms with Crippen molar-refractivity contribution in [2.45, 2.75) is 6.54 Å². The van der Waals surface area contributed by atoms with Crippen molar-refractivity contribution in [1.29, 1.82) is 0 Å². The summed E-state index contributed by atoms with van der Waals surface area (Å²) >= 11 is 0. The van der Waals surface area contributed by atoms with Gasteiger partial charge in [0.05, 0.1) is 33.5 Å². The van der Waals surface area contributed by atoms with E-state index in [9.17, 15) is 5.11 Å². The third-order valence-electron chi connectivity index (χ3n) is 4.41. The summed E-state index contributed by atoms with van der Waals surface area (Å²) < 4.78 is 16.6. The van der Waals surface area contributed by atoms with Crippen LogP contribution < -0.4 is 4.74 Å². The zero-order chi connectivity index (χ0) is 16.8. The summed E-state index contributed by atoms with van der Waals surface area (Å²) in [5.41, 5.74) is 0.864. The van der Waals surface area contributed by atoms with E-state index < -0.39 is 0 Å². The first-order valence-electron chi connectivity index (χ1n) is 8.48. The molecule has 0 spiro atoms. The van der Waals surface area contributed by atoms with Gasteiger partial charge in [-0.2, -0.15) is 0 Å². The van der Waals surface area contributed by atoms with Crippen LogP contribution in [0.25, 0.3) is 11.0 Å². The van der Waals surface area contributed by atoms with Crippen LogP contribution in [0.3, 0.4) is 0 Å². The molecule has 1 aliphatic heterocycles. The van der Waals surface area contributed by atoms with Crippen molar-refractivity contribution in [2.24, 2.45) is 0 Å². The van der Waals surface area contributed by atoms with E-state index in [0.29, 0.717) is 13.1 Å². The first-order valence-corrected chi connectivity index (χ1v) is 8.48. The number of hydrogen-bond donors (Lipinski definition) is 1. The first-order chi connectivity index (χ1) is 11.8. The summed E-state index contributed by atoms with van der Waals surface area (Å²) in [4.78, 5) is 4.63. The van der Waals surface area contributed by atoms with Crippen LogP contribution in [0.5, 0.6) is 5.75 Å². The molecule has 1 aromatic heterocycles. The molecule has 1 fully saturated rings. The molecule has 0 radical (unpaired) electrons. The number of hydrogen-bond acceptors (Lipinski definition) is 6. The van der Waals surface area contributed by atoms with E-state index in [1.54, 1.807) is 7.11 Å².